The van der Waals surface area contributed by atoms with Crippen LogP contribution in [0.4, 0.5) is 0 Å². The van der Waals surface area contributed by atoms with Gasteiger partial charge >= 0.3 is 23.9 Å². The lowest BCUT2D eigenvalue weighted by Gasteiger charge is -2.30. The fourth-order valence-corrected chi connectivity index (χ4v) is 3.13. The van der Waals surface area contributed by atoms with Crippen molar-refractivity contribution in [2.24, 2.45) is 0 Å². The molecule has 0 fully saturated rings. The van der Waals surface area contributed by atoms with Crippen molar-refractivity contribution < 1.29 is 39.6 Å². The van der Waals surface area contributed by atoms with Gasteiger partial charge in [0.1, 0.15) is 0 Å². The minimum absolute atomic E-state index is 0.00829. The van der Waals surface area contributed by atoms with Gasteiger partial charge in [0, 0.05) is 12.8 Å². The van der Waals surface area contributed by atoms with Gasteiger partial charge < -0.3 is 20.4 Å². The Labute approximate surface area is 135 Å². The van der Waals surface area contributed by atoms with E-state index in [1.807, 2.05) is 0 Å². The molecule has 0 aliphatic heterocycles. The van der Waals surface area contributed by atoms with E-state index >= 15 is 0 Å². The molecule has 0 saturated carbocycles. The molecule has 0 atom stereocenters. The van der Waals surface area contributed by atoms with Crippen molar-refractivity contribution in [3.8, 4) is 0 Å². The van der Waals surface area contributed by atoms with Gasteiger partial charge in [-0.15, -0.1) is 0 Å². The lowest BCUT2D eigenvalue weighted by Crippen LogP contribution is -2.27. The highest BCUT2D eigenvalue weighted by atomic mass is 16.4. The van der Waals surface area contributed by atoms with E-state index in [9.17, 15) is 39.6 Å². The quantitative estimate of drug-likeness (QED) is 0.602. The minimum atomic E-state index is -1.49. The number of hydrogen-bond acceptors (Lipinski definition) is 4. The van der Waals surface area contributed by atoms with Crippen LogP contribution in [0, 0.1) is 0 Å². The number of allylic oxidation sites excluding steroid dienone is 2. The van der Waals surface area contributed by atoms with Crippen LogP contribution in [0.2, 0.25) is 0 Å². The Morgan fingerprint density at radius 3 is 1.12 bits per heavy atom. The Kier molecular flexibility index (Phi) is 4.16. The van der Waals surface area contributed by atoms with Crippen LogP contribution in [-0.2, 0) is 19.2 Å². The van der Waals surface area contributed by atoms with Crippen molar-refractivity contribution in [2.75, 3.05) is 0 Å². The molecule has 0 bridgehead atoms. The predicted octanol–water partition coefficient (Wildman–Crippen LogP) is 1.36. The summed E-state index contributed by atoms with van der Waals surface area (Å²) in [6.45, 7) is 2.94. The zero-order valence-electron chi connectivity index (χ0n) is 12.8. The summed E-state index contributed by atoms with van der Waals surface area (Å²) in [5, 5.41) is 37.4. The van der Waals surface area contributed by atoms with Gasteiger partial charge in [0.25, 0.3) is 0 Å². The topological polar surface area (TPSA) is 149 Å². The molecular weight excluding hydrogens is 320 g/mol. The van der Waals surface area contributed by atoms with E-state index in [0.29, 0.717) is 11.1 Å². The number of aliphatic carboxylic acids is 4. The van der Waals surface area contributed by atoms with Crippen LogP contribution in [0.15, 0.2) is 44.6 Å². The molecule has 0 aromatic rings. The standard InChI is InChI=1S/C16H14O8/c1-5-3-7(13(17)18)12(16(23)24)10-6(2)4-8(14(19)20)11(9(5)10)15(21)22/h3-4H2,1-2H3,(H,17,18)(H,19,20)(H,21,22)(H,23,24). The van der Waals surface area contributed by atoms with Crippen molar-refractivity contribution in [1.29, 1.82) is 0 Å². The molecule has 126 valence electrons. The molecule has 0 unspecified atom stereocenters. The second-order valence-corrected chi connectivity index (χ2v) is 5.59. The average Bonchev–Trinajstić information content (AvgIpc) is 2.45. The first-order valence-corrected chi connectivity index (χ1v) is 6.88. The SMILES string of the molecule is CC1=C2C(=C(C)CC(C(=O)O)=C2C(=O)O)C(C(=O)O)=C(C(=O)O)C1. The molecule has 24 heavy (non-hydrogen) atoms. The first-order valence-electron chi connectivity index (χ1n) is 6.88. The van der Waals surface area contributed by atoms with E-state index in [-0.39, 0.29) is 35.1 Å². The largest absolute Gasteiger partial charge is 0.478 e. The van der Waals surface area contributed by atoms with Crippen molar-refractivity contribution >= 4 is 23.9 Å². The fourth-order valence-electron chi connectivity index (χ4n) is 3.13. The third-order valence-corrected chi connectivity index (χ3v) is 4.04. The zero-order valence-corrected chi connectivity index (χ0v) is 12.8. The molecule has 0 heterocycles. The summed E-state index contributed by atoms with van der Waals surface area (Å²) in [5.41, 5.74) is -1.06. The third-order valence-electron chi connectivity index (χ3n) is 4.04. The van der Waals surface area contributed by atoms with Crippen LogP contribution >= 0.6 is 0 Å². The molecule has 0 aromatic carbocycles. The zero-order chi connectivity index (χ0) is 18.3. The number of carboxylic acid groups (broad SMARTS) is 4. The van der Waals surface area contributed by atoms with Crippen molar-refractivity contribution in [2.45, 2.75) is 26.7 Å². The summed E-state index contributed by atoms with van der Waals surface area (Å²) >= 11 is 0. The van der Waals surface area contributed by atoms with Crippen LogP contribution in [-0.4, -0.2) is 44.3 Å². The molecule has 0 spiro atoms. The summed E-state index contributed by atoms with van der Waals surface area (Å²) in [5.74, 6) is -5.79. The highest BCUT2D eigenvalue weighted by molar-refractivity contribution is 6.10. The molecule has 8 nitrogen and oxygen atoms in total. The first kappa shape index (κ1) is 17.2. The van der Waals surface area contributed by atoms with E-state index in [2.05, 4.69) is 0 Å². The van der Waals surface area contributed by atoms with Gasteiger partial charge in [-0.25, -0.2) is 19.2 Å². The number of rotatable bonds is 4. The summed E-state index contributed by atoms with van der Waals surface area (Å²) in [6.07, 6.45) is -0.542. The molecule has 0 saturated heterocycles. The summed E-state index contributed by atoms with van der Waals surface area (Å²) in [6, 6.07) is 0. The van der Waals surface area contributed by atoms with Gasteiger partial charge in [0.05, 0.1) is 22.3 Å². The molecule has 2 rings (SSSR count). The number of carbonyl (C=O) groups is 4. The Morgan fingerprint density at radius 1 is 0.625 bits per heavy atom. The molecular formula is C16H14O8. The number of fused-ring (bicyclic) bond motifs is 1. The Bertz CT molecular complexity index is 762. The van der Waals surface area contributed by atoms with E-state index in [0.717, 1.165) is 0 Å². The van der Waals surface area contributed by atoms with Gasteiger partial charge in [-0.2, -0.15) is 0 Å². The van der Waals surface area contributed by atoms with Crippen molar-refractivity contribution in [3.05, 3.63) is 44.6 Å². The first-order chi connectivity index (χ1) is 11.1. The van der Waals surface area contributed by atoms with E-state index in [1.165, 1.54) is 13.8 Å². The molecule has 0 aromatic heterocycles. The van der Waals surface area contributed by atoms with Crippen LogP contribution in [0.3, 0.4) is 0 Å². The van der Waals surface area contributed by atoms with Gasteiger partial charge in [-0.05, 0) is 25.0 Å². The molecule has 4 N–H and O–H groups in total. The average molecular weight is 334 g/mol. The van der Waals surface area contributed by atoms with Gasteiger partial charge in [-0.1, -0.05) is 11.1 Å². The maximum Gasteiger partial charge on any atom is 0.336 e. The highest BCUT2D eigenvalue weighted by Crippen LogP contribution is 2.45. The molecule has 2 aliphatic carbocycles. The molecule has 8 heteroatoms. The normalized spacial score (nSPS) is 17.9. The fraction of sp³-hybridized carbons (Fsp3) is 0.250. The summed E-state index contributed by atoms with van der Waals surface area (Å²) in [7, 11) is 0. The summed E-state index contributed by atoms with van der Waals surface area (Å²) in [4.78, 5) is 46.0. The lowest BCUT2D eigenvalue weighted by molar-refractivity contribution is -0.136. The van der Waals surface area contributed by atoms with Crippen LogP contribution in [0.25, 0.3) is 0 Å². The van der Waals surface area contributed by atoms with E-state index in [1.54, 1.807) is 0 Å². The molecule has 0 amide bonds. The maximum absolute atomic E-state index is 11.6. The van der Waals surface area contributed by atoms with Crippen LogP contribution < -0.4 is 0 Å². The number of carboxylic acids is 4. The monoisotopic (exact) mass is 334 g/mol. The van der Waals surface area contributed by atoms with Gasteiger partial charge in [0.2, 0.25) is 0 Å². The van der Waals surface area contributed by atoms with Crippen molar-refractivity contribution in [3.63, 3.8) is 0 Å². The smallest absolute Gasteiger partial charge is 0.336 e. The highest BCUT2D eigenvalue weighted by Gasteiger charge is 2.39. The van der Waals surface area contributed by atoms with Crippen LogP contribution in [0.5, 0.6) is 0 Å². The predicted molar refractivity (Wildman–Crippen MR) is 79.2 cm³/mol. The molecule has 0 radical (unpaired) electrons. The Balaban J connectivity index is 2.87. The van der Waals surface area contributed by atoms with E-state index in [4.69, 9.17) is 0 Å². The second-order valence-electron chi connectivity index (χ2n) is 5.59. The second kappa shape index (κ2) is 5.80. The summed E-state index contributed by atoms with van der Waals surface area (Å²) < 4.78 is 0. The van der Waals surface area contributed by atoms with E-state index < -0.39 is 35.0 Å². The minimum Gasteiger partial charge on any atom is -0.478 e. The van der Waals surface area contributed by atoms with Crippen molar-refractivity contribution in [1.82, 2.24) is 0 Å². The third kappa shape index (κ3) is 2.51. The number of hydrogen-bond donors (Lipinski definition) is 4. The Hall–Kier alpha value is -3.16. The van der Waals surface area contributed by atoms with Gasteiger partial charge in [-0.3, -0.25) is 0 Å². The maximum atomic E-state index is 11.6. The van der Waals surface area contributed by atoms with Crippen LogP contribution in [0.1, 0.15) is 26.7 Å². The molecule has 2 aliphatic rings. The van der Waals surface area contributed by atoms with Gasteiger partial charge in [0.15, 0.2) is 0 Å². The Morgan fingerprint density at radius 2 is 0.917 bits per heavy atom. The lowest BCUT2D eigenvalue weighted by atomic mass is 9.72.